The summed E-state index contributed by atoms with van der Waals surface area (Å²) in [5.41, 5.74) is 2.43. The predicted octanol–water partition coefficient (Wildman–Crippen LogP) is 4.51. The molecule has 10 nitrogen and oxygen atoms in total. The van der Waals surface area contributed by atoms with Crippen molar-refractivity contribution in [3.05, 3.63) is 91.3 Å². The highest BCUT2D eigenvalue weighted by Crippen LogP contribution is 2.34. The minimum Gasteiger partial charge on any atom is -0.423 e. The number of aromatic nitrogens is 2. The van der Waals surface area contributed by atoms with E-state index >= 15 is 0 Å². The summed E-state index contributed by atoms with van der Waals surface area (Å²) in [5.74, 6) is -1.03. The van der Waals surface area contributed by atoms with E-state index in [2.05, 4.69) is 29.7 Å². The van der Waals surface area contributed by atoms with Gasteiger partial charge in [-0.1, -0.05) is 37.9 Å². The number of ether oxygens (including phenoxy) is 5. The molecule has 40 heavy (non-hydrogen) atoms. The Hall–Kier alpha value is -4.93. The summed E-state index contributed by atoms with van der Waals surface area (Å²) in [5, 5.41) is 0. The second-order valence-corrected chi connectivity index (χ2v) is 8.50. The van der Waals surface area contributed by atoms with E-state index in [-0.39, 0.29) is 47.3 Å². The van der Waals surface area contributed by atoms with Gasteiger partial charge in [0.25, 0.3) is 0 Å². The van der Waals surface area contributed by atoms with Crippen molar-refractivity contribution in [2.45, 2.75) is 6.92 Å². The van der Waals surface area contributed by atoms with Crippen LogP contribution in [0, 0.1) is 0 Å². The topological polar surface area (TPSA) is 123 Å². The molecule has 0 N–H and O–H groups in total. The molecule has 0 aliphatic carbocycles. The predicted molar refractivity (Wildman–Crippen MR) is 147 cm³/mol. The Labute approximate surface area is 231 Å². The van der Waals surface area contributed by atoms with E-state index in [4.69, 9.17) is 23.7 Å². The van der Waals surface area contributed by atoms with Crippen molar-refractivity contribution in [2.75, 3.05) is 27.4 Å². The molecule has 1 heterocycles. The third-order valence-corrected chi connectivity index (χ3v) is 5.22. The maximum atomic E-state index is 12.5. The summed E-state index contributed by atoms with van der Waals surface area (Å²) in [6, 6.07) is 11.9. The van der Waals surface area contributed by atoms with E-state index in [0.717, 1.165) is 11.1 Å². The highest BCUT2D eigenvalue weighted by molar-refractivity contribution is 5.91. The molecule has 10 heteroatoms. The molecule has 1 aromatic heterocycles. The van der Waals surface area contributed by atoms with Gasteiger partial charge in [-0.25, -0.2) is 24.4 Å². The van der Waals surface area contributed by atoms with Crippen LogP contribution in [0.1, 0.15) is 6.92 Å². The van der Waals surface area contributed by atoms with Gasteiger partial charge in [0, 0.05) is 19.8 Å². The van der Waals surface area contributed by atoms with Gasteiger partial charge in [0.1, 0.15) is 11.5 Å². The van der Waals surface area contributed by atoms with Crippen LogP contribution in [0.3, 0.4) is 0 Å². The zero-order valence-corrected chi connectivity index (χ0v) is 22.4. The number of hydrogen-bond donors (Lipinski definition) is 0. The molecule has 2 aromatic carbocycles. The first-order chi connectivity index (χ1) is 19.1. The van der Waals surface area contributed by atoms with Crippen LogP contribution in [0.15, 0.2) is 91.3 Å². The van der Waals surface area contributed by atoms with Crippen molar-refractivity contribution in [3.8, 4) is 39.8 Å². The van der Waals surface area contributed by atoms with Gasteiger partial charge in [0.15, 0.2) is 11.6 Å². The number of hydrogen-bond acceptors (Lipinski definition) is 10. The molecule has 0 amide bonds. The minimum atomic E-state index is -0.677. The van der Waals surface area contributed by atoms with E-state index in [1.807, 2.05) is 0 Å². The lowest BCUT2D eigenvalue weighted by atomic mass is 10.0. The van der Waals surface area contributed by atoms with E-state index < -0.39 is 17.9 Å². The lowest BCUT2D eigenvalue weighted by molar-refractivity contribution is -0.131. The van der Waals surface area contributed by atoms with Gasteiger partial charge in [0.05, 0.1) is 42.3 Å². The van der Waals surface area contributed by atoms with Gasteiger partial charge in [-0.15, -0.1) is 0 Å². The maximum absolute atomic E-state index is 12.5. The zero-order valence-electron chi connectivity index (χ0n) is 22.4. The molecular formula is C30H28N2O8. The van der Waals surface area contributed by atoms with Crippen molar-refractivity contribution in [2.24, 2.45) is 0 Å². The fourth-order valence-corrected chi connectivity index (χ4v) is 3.21. The monoisotopic (exact) mass is 544 g/mol. The molecule has 0 fully saturated rings. The molecule has 0 aliphatic heterocycles. The molecule has 0 bridgehead atoms. The Balaban J connectivity index is 1.93. The van der Waals surface area contributed by atoms with Crippen LogP contribution < -0.4 is 14.2 Å². The first-order valence-electron chi connectivity index (χ1n) is 11.8. The minimum absolute atomic E-state index is 0.00126. The molecule has 0 spiro atoms. The van der Waals surface area contributed by atoms with E-state index in [0.29, 0.717) is 11.3 Å². The number of benzene rings is 2. The fourth-order valence-electron chi connectivity index (χ4n) is 3.21. The van der Waals surface area contributed by atoms with Crippen molar-refractivity contribution >= 4 is 17.9 Å². The van der Waals surface area contributed by atoms with Crippen LogP contribution in [0.4, 0.5) is 0 Å². The van der Waals surface area contributed by atoms with E-state index in [1.165, 1.54) is 33.5 Å². The van der Waals surface area contributed by atoms with Crippen LogP contribution in [0.2, 0.25) is 0 Å². The highest BCUT2D eigenvalue weighted by atomic mass is 16.5. The fraction of sp³-hybridized carbons (Fsp3) is 0.167. The summed E-state index contributed by atoms with van der Waals surface area (Å²) < 4.78 is 25.9. The van der Waals surface area contributed by atoms with Crippen molar-refractivity contribution in [1.29, 1.82) is 0 Å². The van der Waals surface area contributed by atoms with Gasteiger partial charge >= 0.3 is 17.9 Å². The quantitative estimate of drug-likeness (QED) is 0.183. The third kappa shape index (κ3) is 7.79. The number of methoxy groups -OCH3 is 2. The Morgan fingerprint density at radius 2 is 1.23 bits per heavy atom. The summed E-state index contributed by atoms with van der Waals surface area (Å²) >= 11 is 0. The second kappa shape index (κ2) is 13.7. The third-order valence-electron chi connectivity index (χ3n) is 5.22. The van der Waals surface area contributed by atoms with Crippen LogP contribution in [0.5, 0.6) is 17.2 Å². The molecule has 0 aliphatic rings. The van der Waals surface area contributed by atoms with Crippen LogP contribution in [-0.2, 0) is 23.9 Å². The normalized spacial score (nSPS) is 10.4. The van der Waals surface area contributed by atoms with Gasteiger partial charge < -0.3 is 23.7 Å². The number of carbonyl (C=O) groups excluding carboxylic acids is 3. The van der Waals surface area contributed by atoms with Gasteiger partial charge in [-0.2, -0.15) is 0 Å². The smallest absolute Gasteiger partial charge is 0.341 e. The van der Waals surface area contributed by atoms with Gasteiger partial charge in [-0.05, 0) is 42.3 Å². The molecular weight excluding hydrogens is 516 g/mol. The number of nitrogens with zero attached hydrogens (tertiary/aromatic N) is 2. The van der Waals surface area contributed by atoms with Crippen molar-refractivity contribution in [3.63, 3.8) is 0 Å². The SMILES string of the molecule is C=C(C)C(=O)Oc1cnc(-c2cc(-c3ccc(OC(=O)C(=C)COC)cc3)ccc2OC(=O)C(=C)COC)nc1. The second-order valence-electron chi connectivity index (χ2n) is 8.50. The zero-order chi connectivity index (χ0) is 29.2. The lowest BCUT2D eigenvalue weighted by Gasteiger charge is -2.13. The van der Waals surface area contributed by atoms with Gasteiger partial charge in [0.2, 0.25) is 0 Å². The largest absolute Gasteiger partial charge is 0.423 e. The van der Waals surface area contributed by atoms with E-state index in [1.54, 1.807) is 42.5 Å². The molecule has 3 aromatic rings. The Morgan fingerprint density at radius 3 is 1.77 bits per heavy atom. The Kier molecular flexibility index (Phi) is 10.2. The average Bonchev–Trinajstić information content (AvgIpc) is 2.94. The van der Waals surface area contributed by atoms with Crippen LogP contribution in [0.25, 0.3) is 22.5 Å². The number of rotatable bonds is 12. The summed E-state index contributed by atoms with van der Waals surface area (Å²) in [7, 11) is 2.90. The van der Waals surface area contributed by atoms with Crippen LogP contribution in [-0.4, -0.2) is 55.3 Å². The first kappa shape index (κ1) is 29.6. The summed E-state index contributed by atoms with van der Waals surface area (Å²) in [6.07, 6.45) is 2.65. The van der Waals surface area contributed by atoms with E-state index in [9.17, 15) is 14.4 Å². The summed E-state index contributed by atoms with van der Waals surface area (Å²) in [4.78, 5) is 45.0. The highest BCUT2D eigenvalue weighted by Gasteiger charge is 2.18. The lowest BCUT2D eigenvalue weighted by Crippen LogP contribution is -2.14. The average molecular weight is 545 g/mol. The number of carbonyl (C=O) groups is 3. The number of esters is 3. The molecule has 0 unspecified atom stereocenters. The van der Waals surface area contributed by atoms with Crippen LogP contribution >= 0.6 is 0 Å². The van der Waals surface area contributed by atoms with Crippen molar-refractivity contribution in [1.82, 2.24) is 9.97 Å². The molecule has 0 atom stereocenters. The molecule has 206 valence electrons. The molecule has 0 saturated heterocycles. The summed E-state index contributed by atoms with van der Waals surface area (Å²) in [6.45, 7) is 12.4. The standard InChI is InChI=1S/C30H28N2O8/c1-18(2)28(33)39-24-14-31-27(32-15-24)25-13-22(9-12-26(25)40-30(35)20(4)17-37-6)21-7-10-23(11-8-21)38-29(34)19(3)16-36-5/h7-15H,1,3-4,16-17H2,2,5-6H3. The Morgan fingerprint density at radius 1 is 0.700 bits per heavy atom. The maximum Gasteiger partial charge on any atom is 0.341 e. The first-order valence-corrected chi connectivity index (χ1v) is 11.8. The van der Waals surface area contributed by atoms with Gasteiger partial charge in [-0.3, -0.25) is 0 Å². The molecule has 3 rings (SSSR count). The molecule has 0 saturated carbocycles. The Bertz CT molecular complexity index is 1440. The van der Waals surface area contributed by atoms with Crippen molar-refractivity contribution < 1.29 is 38.1 Å². The molecule has 0 radical (unpaired) electrons.